The molecular formula is C14H17BrN6. The predicted molar refractivity (Wildman–Crippen MR) is 80.4 cm³/mol. The molecule has 21 heavy (non-hydrogen) atoms. The van der Waals surface area contributed by atoms with E-state index >= 15 is 0 Å². The summed E-state index contributed by atoms with van der Waals surface area (Å²) in [6.45, 7) is 1.91. The molecule has 1 saturated heterocycles. The highest BCUT2D eigenvalue weighted by molar-refractivity contribution is 9.10. The summed E-state index contributed by atoms with van der Waals surface area (Å²) >= 11 is 3.51. The van der Waals surface area contributed by atoms with Gasteiger partial charge in [-0.1, -0.05) is 0 Å². The second-order valence-electron chi connectivity index (χ2n) is 5.84. The molecule has 7 heteroatoms. The molecule has 1 aliphatic heterocycles. The fraction of sp³-hybridized carbons (Fsp3) is 0.571. The Morgan fingerprint density at radius 3 is 2.95 bits per heavy atom. The van der Waals surface area contributed by atoms with E-state index in [9.17, 15) is 0 Å². The molecule has 1 saturated carbocycles. The second-order valence-corrected chi connectivity index (χ2v) is 6.75. The minimum atomic E-state index is 0.416. The molecule has 2 aromatic heterocycles. The average molecular weight is 349 g/mol. The van der Waals surface area contributed by atoms with Gasteiger partial charge in [0.05, 0.1) is 12.6 Å². The number of rotatable bonds is 4. The third-order valence-electron chi connectivity index (χ3n) is 4.27. The van der Waals surface area contributed by atoms with E-state index in [4.69, 9.17) is 0 Å². The lowest BCUT2D eigenvalue weighted by molar-refractivity contribution is 0.236. The summed E-state index contributed by atoms with van der Waals surface area (Å²) < 4.78 is 3.05. The zero-order chi connectivity index (χ0) is 14.2. The van der Waals surface area contributed by atoms with Crippen molar-refractivity contribution in [3.05, 3.63) is 34.3 Å². The molecule has 0 spiro atoms. The van der Waals surface area contributed by atoms with Crippen LogP contribution in [0.1, 0.15) is 49.2 Å². The molecular weight excluding hydrogens is 332 g/mol. The smallest absolute Gasteiger partial charge is 0.165 e. The molecule has 2 aliphatic rings. The summed E-state index contributed by atoms with van der Waals surface area (Å²) in [6, 6.07) is 3.11. The molecule has 0 radical (unpaired) electrons. The van der Waals surface area contributed by atoms with E-state index in [0.29, 0.717) is 12.1 Å². The highest BCUT2D eigenvalue weighted by atomic mass is 79.9. The minimum absolute atomic E-state index is 0.416. The van der Waals surface area contributed by atoms with E-state index in [1.165, 1.54) is 31.2 Å². The number of halogens is 1. The van der Waals surface area contributed by atoms with Crippen molar-refractivity contribution < 1.29 is 0 Å². The van der Waals surface area contributed by atoms with Crippen molar-refractivity contribution >= 4 is 15.9 Å². The van der Waals surface area contributed by atoms with E-state index in [-0.39, 0.29) is 0 Å². The number of likely N-dealkylation sites (tertiary alicyclic amines) is 1. The summed E-state index contributed by atoms with van der Waals surface area (Å²) in [5.74, 6) is 0.993. The minimum Gasteiger partial charge on any atom is -0.289 e. The highest BCUT2D eigenvalue weighted by Gasteiger charge is 2.31. The Kier molecular flexibility index (Phi) is 3.46. The lowest BCUT2D eigenvalue weighted by atomic mass is 10.1. The van der Waals surface area contributed by atoms with Crippen LogP contribution >= 0.6 is 15.9 Å². The van der Waals surface area contributed by atoms with Crippen LogP contribution in [-0.4, -0.2) is 36.6 Å². The quantitative estimate of drug-likeness (QED) is 0.849. The fourth-order valence-corrected chi connectivity index (χ4v) is 3.49. The summed E-state index contributed by atoms with van der Waals surface area (Å²) in [5.41, 5.74) is 1.27. The number of pyridine rings is 1. The van der Waals surface area contributed by atoms with E-state index in [2.05, 4.69) is 47.4 Å². The molecule has 1 aliphatic carbocycles. The Balaban J connectivity index is 1.55. The second kappa shape index (κ2) is 5.46. The SMILES string of the molecule is Brc1cncc(C2CCCN2Cc2nnnn2C2CC2)c1. The van der Waals surface area contributed by atoms with Gasteiger partial charge in [0.2, 0.25) is 0 Å². The average Bonchev–Trinajstić information content (AvgIpc) is 3.04. The van der Waals surface area contributed by atoms with Gasteiger partial charge >= 0.3 is 0 Å². The Morgan fingerprint density at radius 2 is 2.14 bits per heavy atom. The first-order chi connectivity index (χ1) is 10.3. The van der Waals surface area contributed by atoms with Crippen molar-refractivity contribution in [3.8, 4) is 0 Å². The van der Waals surface area contributed by atoms with E-state index in [1.54, 1.807) is 0 Å². The Hall–Kier alpha value is -1.34. The van der Waals surface area contributed by atoms with Crippen molar-refractivity contribution in [2.24, 2.45) is 0 Å². The van der Waals surface area contributed by atoms with Crippen molar-refractivity contribution in [2.45, 2.75) is 44.3 Å². The van der Waals surface area contributed by atoms with Gasteiger partial charge in [0.1, 0.15) is 0 Å². The summed E-state index contributed by atoms with van der Waals surface area (Å²) in [5, 5.41) is 12.2. The third kappa shape index (κ3) is 2.72. The molecule has 0 bridgehead atoms. The molecule has 6 nitrogen and oxygen atoms in total. The molecule has 2 aromatic rings. The van der Waals surface area contributed by atoms with Crippen molar-refractivity contribution in [2.75, 3.05) is 6.54 Å². The van der Waals surface area contributed by atoms with Gasteiger partial charge in [0.25, 0.3) is 0 Å². The van der Waals surface area contributed by atoms with E-state index in [1.807, 2.05) is 17.1 Å². The summed E-state index contributed by atoms with van der Waals surface area (Å²) in [6.07, 6.45) is 8.59. The molecule has 3 heterocycles. The van der Waals surface area contributed by atoms with Crippen LogP contribution in [0.4, 0.5) is 0 Å². The van der Waals surface area contributed by atoms with Gasteiger partial charge in [-0.2, -0.15) is 0 Å². The van der Waals surface area contributed by atoms with Gasteiger partial charge in [-0.05, 0) is 70.2 Å². The molecule has 2 fully saturated rings. The van der Waals surface area contributed by atoms with Crippen LogP contribution in [0.25, 0.3) is 0 Å². The van der Waals surface area contributed by atoms with Crippen LogP contribution in [0.15, 0.2) is 22.9 Å². The number of tetrazole rings is 1. The van der Waals surface area contributed by atoms with Gasteiger partial charge in [-0.15, -0.1) is 5.10 Å². The van der Waals surface area contributed by atoms with Crippen LogP contribution in [0.3, 0.4) is 0 Å². The standard InChI is InChI=1S/C14H17BrN6/c15-11-6-10(7-16-8-11)13-2-1-5-20(13)9-14-17-18-19-21(14)12-3-4-12/h6-8,12-13H,1-5,9H2. The van der Waals surface area contributed by atoms with Crippen LogP contribution in [-0.2, 0) is 6.54 Å². The maximum absolute atomic E-state index is 4.30. The molecule has 1 unspecified atom stereocenters. The summed E-state index contributed by atoms with van der Waals surface area (Å²) in [4.78, 5) is 6.76. The lowest BCUT2D eigenvalue weighted by Gasteiger charge is -2.24. The lowest BCUT2D eigenvalue weighted by Crippen LogP contribution is -2.25. The highest BCUT2D eigenvalue weighted by Crippen LogP contribution is 2.36. The molecule has 4 rings (SSSR count). The maximum Gasteiger partial charge on any atom is 0.165 e. The van der Waals surface area contributed by atoms with Crippen LogP contribution in [0, 0.1) is 0 Å². The molecule has 0 N–H and O–H groups in total. The van der Waals surface area contributed by atoms with Crippen LogP contribution in [0.5, 0.6) is 0 Å². The first-order valence-electron chi connectivity index (χ1n) is 7.42. The van der Waals surface area contributed by atoms with E-state index in [0.717, 1.165) is 23.4 Å². The summed E-state index contributed by atoms with van der Waals surface area (Å²) in [7, 11) is 0. The van der Waals surface area contributed by atoms with Gasteiger partial charge in [-0.25, -0.2) is 4.68 Å². The fourth-order valence-electron chi connectivity index (χ4n) is 3.10. The van der Waals surface area contributed by atoms with Gasteiger partial charge in [0.15, 0.2) is 5.82 Å². The number of hydrogen-bond acceptors (Lipinski definition) is 5. The molecule has 1 atom stereocenters. The monoisotopic (exact) mass is 348 g/mol. The van der Waals surface area contributed by atoms with Crippen LogP contribution < -0.4 is 0 Å². The molecule has 110 valence electrons. The first-order valence-corrected chi connectivity index (χ1v) is 8.22. The van der Waals surface area contributed by atoms with E-state index < -0.39 is 0 Å². The topological polar surface area (TPSA) is 59.7 Å². The van der Waals surface area contributed by atoms with Gasteiger partial charge in [0, 0.05) is 22.9 Å². The zero-order valence-electron chi connectivity index (χ0n) is 11.7. The first kappa shape index (κ1) is 13.3. The Morgan fingerprint density at radius 1 is 1.24 bits per heavy atom. The normalized spacial score (nSPS) is 22.8. The van der Waals surface area contributed by atoms with Crippen molar-refractivity contribution in [1.82, 2.24) is 30.1 Å². The van der Waals surface area contributed by atoms with Crippen LogP contribution in [0.2, 0.25) is 0 Å². The zero-order valence-corrected chi connectivity index (χ0v) is 13.3. The largest absolute Gasteiger partial charge is 0.289 e. The van der Waals surface area contributed by atoms with Gasteiger partial charge < -0.3 is 0 Å². The Labute approximate surface area is 131 Å². The van der Waals surface area contributed by atoms with Gasteiger partial charge in [-0.3, -0.25) is 9.88 Å². The maximum atomic E-state index is 4.30. The molecule has 0 aromatic carbocycles. The molecule has 0 amide bonds. The third-order valence-corrected chi connectivity index (χ3v) is 4.71. The number of nitrogens with zero attached hydrogens (tertiary/aromatic N) is 6. The Bertz CT molecular complexity index is 638. The number of aromatic nitrogens is 5. The van der Waals surface area contributed by atoms with Crippen molar-refractivity contribution in [3.63, 3.8) is 0 Å². The van der Waals surface area contributed by atoms with Crippen molar-refractivity contribution in [1.29, 1.82) is 0 Å². The predicted octanol–water partition coefficient (Wildman–Crippen LogP) is 2.50. The number of hydrogen-bond donors (Lipinski definition) is 0.